The summed E-state index contributed by atoms with van der Waals surface area (Å²) in [5.41, 5.74) is 6.51. The van der Waals surface area contributed by atoms with E-state index >= 15 is 0 Å². The highest BCUT2D eigenvalue weighted by atomic mass is 79.9. The van der Waals surface area contributed by atoms with Crippen molar-refractivity contribution in [3.8, 4) is 27.9 Å². The average Bonchev–Trinajstić information content (AvgIpc) is 2.97. The molecule has 0 amide bonds. The molecular weight excluding hydrogens is 330 g/mol. The Balaban J connectivity index is 2.01. The highest BCUT2D eigenvalue weighted by Gasteiger charge is 2.15. The second-order valence-corrected chi connectivity index (χ2v) is 5.66. The number of benzene rings is 1. The van der Waals surface area contributed by atoms with Crippen molar-refractivity contribution in [3.05, 3.63) is 34.1 Å². The van der Waals surface area contributed by atoms with Crippen LogP contribution in [-0.4, -0.2) is 15.2 Å². The van der Waals surface area contributed by atoms with Crippen LogP contribution in [0.1, 0.15) is 0 Å². The van der Waals surface area contributed by atoms with Crippen LogP contribution >= 0.6 is 27.3 Å². The van der Waals surface area contributed by atoms with Crippen LogP contribution in [0.4, 0.5) is 5.69 Å². The van der Waals surface area contributed by atoms with E-state index in [1.54, 1.807) is 12.1 Å². The van der Waals surface area contributed by atoms with Gasteiger partial charge in [0, 0.05) is 21.6 Å². The summed E-state index contributed by atoms with van der Waals surface area (Å²) in [7, 11) is 0. The molecule has 0 saturated carbocycles. The van der Waals surface area contributed by atoms with Gasteiger partial charge in [-0.1, -0.05) is 5.16 Å². The van der Waals surface area contributed by atoms with Crippen LogP contribution in [0.5, 0.6) is 5.75 Å². The molecule has 5 nitrogen and oxygen atoms in total. The maximum Gasteiger partial charge on any atom is 0.262 e. The molecule has 2 aromatic heterocycles. The molecule has 0 spiro atoms. The SMILES string of the molecule is Nc1ccc(-c2nc(-c3cc(Br)cs3)no2)c(O)c1. The lowest BCUT2D eigenvalue weighted by molar-refractivity contribution is 0.426. The van der Waals surface area contributed by atoms with E-state index in [0.717, 1.165) is 9.35 Å². The summed E-state index contributed by atoms with van der Waals surface area (Å²) in [6, 6.07) is 6.66. The van der Waals surface area contributed by atoms with Crippen LogP contribution < -0.4 is 5.73 Å². The first-order valence-electron chi connectivity index (χ1n) is 5.30. The van der Waals surface area contributed by atoms with E-state index in [1.165, 1.54) is 17.4 Å². The zero-order valence-corrected chi connectivity index (χ0v) is 11.9. The van der Waals surface area contributed by atoms with Gasteiger partial charge in [-0.25, -0.2) is 0 Å². The summed E-state index contributed by atoms with van der Waals surface area (Å²) in [4.78, 5) is 5.15. The standard InChI is InChI=1S/C12H8BrN3O2S/c13-6-3-10(19-5-6)11-15-12(18-16-11)8-2-1-7(14)4-9(8)17/h1-5,17H,14H2. The summed E-state index contributed by atoms with van der Waals surface area (Å²) in [6.45, 7) is 0. The zero-order valence-electron chi connectivity index (χ0n) is 9.50. The number of phenols is 1. The Morgan fingerprint density at radius 3 is 2.84 bits per heavy atom. The van der Waals surface area contributed by atoms with Crippen molar-refractivity contribution in [3.63, 3.8) is 0 Å². The smallest absolute Gasteiger partial charge is 0.262 e. The molecule has 0 bridgehead atoms. The molecule has 0 saturated heterocycles. The normalized spacial score (nSPS) is 10.8. The van der Waals surface area contributed by atoms with Crippen molar-refractivity contribution >= 4 is 33.0 Å². The van der Waals surface area contributed by atoms with Gasteiger partial charge >= 0.3 is 0 Å². The minimum atomic E-state index is 0.0163. The van der Waals surface area contributed by atoms with Gasteiger partial charge in [-0.2, -0.15) is 4.98 Å². The summed E-state index contributed by atoms with van der Waals surface area (Å²) < 4.78 is 6.13. The molecular formula is C12H8BrN3O2S. The number of hydrogen-bond acceptors (Lipinski definition) is 6. The van der Waals surface area contributed by atoms with Crippen LogP contribution in [0.25, 0.3) is 22.2 Å². The molecule has 19 heavy (non-hydrogen) atoms. The first kappa shape index (κ1) is 12.2. The van der Waals surface area contributed by atoms with E-state index < -0.39 is 0 Å². The second-order valence-electron chi connectivity index (χ2n) is 3.83. The third kappa shape index (κ3) is 2.34. The number of thiophene rings is 1. The van der Waals surface area contributed by atoms with E-state index in [2.05, 4.69) is 26.1 Å². The van der Waals surface area contributed by atoms with Crippen LogP contribution in [0.2, 0.25) is 0 Å². The molecule has 0 atom stereocenters. The van der Waals surface area contributed by atoms with Gasteiger partial charge in [0.1, 0.15) is 5.75 Å². The molecule has 0 aliphatic rings. The Morgan fingerprint density at radius 2 is 2.16 bits per heavy atom. The number of rotatable bonds is 2. The monoisotopic (exact) mass is 337 g/mol. The van der Waals surface area contributed by atoms with Crippen molar-refractivity contribution < 1.29 is 9.63 Å². The minimum absolute atomic E-state index is 0.0163. The van der Waals surface area contributed by atoms with E-state index in [0.29, 0.717) is 17.1 Å². The van der Waals surface area contributed by atoms with Gasteiger partial charge in [0.25, 0.3) is 5.89 Å². The fourth-order valence-corrected chi connectivity index (χ4v) is 2.94. The third-order valence-electron chi connectivity index (χ3n) is 2.47. The fourth-order valence-electron chi connectivity index (χ4n) is 1.59. The molecule has 7 heteroatoms. The number of nitrogen functional groups attached to an aromatic ring is 1. The number of nitrogens with two attached hydrogens (primary N) is 1. The largest absolute Gasteiger partial charge is 0.507 e. The number of halogens is 1. The lowest BCUT2D eigenvalue weighted by atomic mass is 10.2. The molecule has 3 aromatic rings. The van der Waals surface area contributed by atoms with Gasteiger partial charge in [0.2, 0.25) is 5.82 Å². The average molecular weight is 338 g/mol. The molecule has 0 aliphatic carbocycles. The van der Waals surface area contributed by atoms with Crippen molar-refractivity contribution in [1.82, 2.24) is 10.1 Å². The Morgan fingerprint density at radius 1 is 1.32 bits per heavy atom. The summed E-state index contributed by atoms with van der Waals surface area (Å²) in [6.07, 6.45) is 0. The molecule has 0 fully saturated rings. The van der Waals surface area contributed by atoms with Crippen molar-refractivity contribution in [1.29, 1.82) is 0 Å². The highest BCUT2D eigenvalue weighted by Crippen LogP contribution is 2.33. The molecule has 3 rings (SSSR count). The van der Waals surface area contributed by atoms with E-state index in [-0.39, 0.29) is 11.6 Å². The van der Waals surface area contributed by atoms with Crippen LogP contribution in [0.3, 0.4) is 0 Å². The van der Waals surface area contributed by atoms with Gasteiger partial charge in [0.05, 0.1) is 10.4 Å². The van der Waals surface area contributed by atoms with E-state index in [1.807, 2.05) is 11.4 Å². The molecule has 1 aromatic carbocycles. The Bertz CT molecular complexity index is 738. The molecule has 0 unspecified atom stereocenters. The van der Waals surface area contributed by atoms with E-state index in [9.17, 15) is 5.11 Å². The highest BCUT2D eigenvalue weighted by molar-refractivity contribution is 9.10. The topological polar surface area (TPSA) is 85.2 Å². The van der Waals surface area contributed by atoms with Crippen molar-refractivity contribution in [2.45, 2.75) is 0 Å². The predicted molar refractivity (Wildman–Crippen MR) is 76.8 cm³/mol. The van der Waals surface area contributed by atoms with Gasteiger partial charge in [-0.3, -0.25) is 0 Å². The van der Waals surface area contributed by atoms with Gasteiger partial charge in [-0.05, 0) is 34.1 Å². The molecule has 96 valence electrons. The minimum Gasteiger partial charge on any atom is -0.507 e. The molecule has 2 heterocycles. The second kappa shape index (κ2) is 4.67. The van der Waals surface area contributed by atoms with Gasteiger partial charge in [0.15, 0.2) is 0 Å². The number of aromatic hydroxyl groups is 1. The number of hydrogen-bond donors (Lipinski definition) is 2. The molecule has 3 N–H and O–H groups in total. The first-order chi connectivity index (χ1) is 9.13. The van der Waals surface area contributed by atoms with E-state index in [4.69, 9.17) is 10.3 Å². The Hall–Kier alpha value is -1.86. The number of anilines is 1. The lowest BCUT2D eigenvalue weighted by Crippen LogP contribution is -1.85. The third-order valence-corrected chi connectivity index (χ3v) is 4.15. The maximum atomic E-state index is 9.82. The fraction of sp³-hybridized carbons (Fsp3) is 0. The zero-order chi connectivity index (χ0) is 13.4. The summed E-state index contributed by atoms with van der Waals surface area (Å²) in [5, 5.41) is 15.7. The number of phenolic OH excluding ortho intramolecular Hbond substituents is 1. The number of aromatic nitrogens is 2. The quantitative estimate of drug-likeness (QED) is 0.699. The Labute approximate surface area is 120 Å². The van der Waals surface area contributed by atoms with Crippen LogP contribution in [0.15, 0.2) is 38.6 Å². The van der Waals surface area contributed by atoms with Crippen molar-refractivity contribution in [2.75, 3.05) is 5.73 Å². The predicted octanol–water partition coefficient (Wildman–Crippen LogP) is 3.52. The lowest BCUT2D eigenvalue weighted by Gasteiger charge is -1.99. The first-order valence-corrected chi connectivity index (χ1v) is 6.98. The Kier molecular flexibility index (Phi) is 3.00. The summed E-state index contributed by atoms with van der Waals surface area (Å²) >= 11 is 4.87. The maximum absolute atomic E-state index is 9.82. The van der Waals surface area contributed by atoms with Crippen LogP contribution in [-0.2, 0) is 0 Å². The van der Waals surface area contributed by atoms with Crippen molar-refractivity contribution in [2.24, 2.45) is 0 Å². The molecule has 0 aliphatic heterocycles. The molecule has 0 radical (unpaired) electrons. The summed E-state index contributed by atoms with van der Waals surface area (Å²) in [5.74, 6) is 0.765. The number of nitrogens with zero attached hydrogens (tertiary/aromatic N) is 2. The van der Waals surface area contributed by atoms with Crippen LogP contribution in [0, 0.1) is 0 Å². The van der Waals surface area contributed by atoms with Gasteiger partial charge in [-0.15, -0.1) is 11.3 Å². The van der Waals surface area contributed by atoms with Gasteiger partial charge < -0.3 is 15.4 Å².